The minimum atomic E-state index is -0.162. The van der Waals surface area contributed by atoms with Crippen LogP contribution in [0.15, 0.2) is 18.2 Å². The van der Waals surface area contributed by atoms with Crippen LogP contribution >= 0.6 is 0 Å². The van der Waals surface area contributed by atoms with E-state index in [9.17, 15) is 4.79 Å². The Hall–Kier alpha value is -1.85. The van der Waals surface area contributed by atoms with Crippen LogP contribution in [0.4, 0.5) is 0 Å². The zero-order valence-electron chi connectivity index (χ0n) is 17.9. The molecule has 0 radical (unpaired) electrons. The molecule has 3 aliphatic heterocycles. The minimum absolute atomic E-state index is 0.162. The molecule has 4 aliphatic rings. The van der Waals surface area contributed by atoms with Gasteiger partial charge in [0.15, 0.2) is 0 Å². The van der Waals surface area contributed by atoms with Crippen LogP contribution in [0, 0.1) is 11.8 Å². The number of nitrogens with zero attached hydrogens (tertiary/aromatic N) is 2. The fourth-order valence-electron chi connectivity index (χ4n) is 6.23. The quantitative estimate of drug-likeness (QED) is 0.618. The summed E-state index contributed by atoms with van der Waals surface area (Å²) < 4.78 is 5.65. The van der Waals surface area contributed by atoms with Crippen molar-refractivity contribution in [1.29, 1.82) is 0 Å². The predicted octanol–water partition coefficient (Wildman–Crippen LogP) is 3.79. The summed E-state index contributed by atoms with van der Waals surface area (Å²) in [6.45, 7) is 5.51. The summed E-state index contributed by atoms with van der Waals surface area (Å²) in [6.07, 6.45) is 5.52. The van der Waals surface area contributed by atoms with E-state index in [1.54, 1.807) is 0 Å². The highest BCUT2D eigenvalue weighted by molar-refractivity contribution is 5.87. The molecule has 29 heavy (non-hydrogen) atoms. The maximum atomic E-state index is 12.2. The summed E-state index contributed by atoms with van der Waals surface area (Å²) in [6, 6.07) is 6.80. The topological polar surface area (TPSA) is 48.6 Å². The molecule has 1 unspecified atom stereocenters. The second-order valence-corrected chi connectivity index (χ2v) is 9.60. The Morgan fingerprint density at radius 3 is 2.97 bits per heavy atom. The third-order valence-electron chi connectivity index (χ3n) is 7.48. The first kappa shape index (κ1) is 19.1. The lowest BCUT2D eigenvalue weighted by Crippen LogP contribution is -2.56. The van der Waals surface area contributed by atoms with Crippen LogP contribution in [0.5, 0.6) is 5.75 Å². The minimum Gasteiger partial charge on any atom is -0.426 e. The van der Waals surface area contributed by atoms with Crippen molar-refractivity contribution in [2.45, 2.75) is 51.0 Å². The normalized spacial score (nSPS) is 30.4. The van der Waals surface area contributed by atoms with Crippen LogP contribution in [-0.2, 0) is 11.2 Å². The fraction of sp³-hybridized carbons (Fsp3) is 0.625. The molecule has 0 amide bonds. The van der Waals surface area contributed by atoms with Crippen molar-refractivity contribution in [3.63, 3.8) is 0 Å². The van der Waals surface area contributed by atoms with Crippen molar-refractivity contribution >= 4 is 16.9 Å². The Morgan fingerprint density at radius 2 is 2.17 bits per heavy atom. The van der Waals surface area contributed by atoms with E-state index in [2.05, 4.69) is 28.9 Å². The molecule has 2 saturated heterocycles. The smallest absolute Gasteiger partial charge is 0.312 e. The number of rotatable bonds is 5. The second kappa shape index (κ2) is 7.44. The first-order valence-corrected chi connectivity index (χ1v) is 11.3. The van der Waals surface area contributed by atoms with Gasteiger partial charge < -0.3 is 14.6 Å². The highest BCUT2D eigenvalue weighted by Gasteiger charge is 2.48. The van der Waals surface area contributed by atoms with Crippen LogP contribution < -0.4 is 4.74 Å². The van der Waals surface area contributed by atoms with E-state index in [0.29, 0.717) is 30.7 Å². The van der Waals surface area contributed by atoms with E-state index in [1.807, 2.05) is 25.1 Å². The van der Waals surface area contributed by atoms with Gasteiger partial charge in [0.1, 0.15) is 5.75 Å². The van der Waals surface area contributed by atoms with Gasteiger partial charge in [-0.15, -0.1) is 0 Å². The van der Waals surface area contributed by atoms with E-state index in [-0.39, 0.29) is 5.97 Å². The Kier molecular flexibility index (Phi) is 4.91. The fourth-order valence-corrected chi connectivity index (χ4v) is 6.23. The van der Waals surface area contributed by atoms with Gasteiger partial charge in [-0.2, -0.15) is 0 Å². The molecule has 1 saturated carbocycles. The summed E-state index contributed by atoms with van der Waals surface area (Å²) >= 11 is 0. The lowest BCUT2D eigenvalue weighted by atomic mass is 9.65. The van der Waals surface area contributed by atoms with Gasteiger partial charge in [-0.3, -0.25) is 9.69 Å². The highest BCUT2D eigenvalue weighted by Crippen LogP contribution is 2.51. The van der Waals surface area contributed by atoms with E-state index in [4.69, 9.17) is 4.74 Å². The summed E-state index contributed by atoms with van der Waals surface area (Å²) in [4.78, 5) is 20.7. The third kappa shape index (κ3) is 3.38. The van der Waals surface area contributed by atoms with Crippen LogP contribution in [-0.4, -0.2) is 60.5 Å². The zero-order valence-corrected chi connectivity index (χ0v) is 17.9. The molecule has 4 heterocycles. The molecule has 1 aromatic carbocycles. The number of hydrogen-bond acceptors (Lipinski definition) is 4. The lowest BCUT2D eigenvalue weighted by molar-refractivity contribution is -0.134. The Labute approximate surface area is 173 Å². The third-order valence-corrected chi connectivity index (χ3v) is 7.48. The van der Waals surface area contributed by atoms with Gasteiger partial charge in [0, 0.05) is 48.2 Å². The summed E-state index contributed by atoms with van der Waals surface area (Å²) in [5.41, 5.74) is 4.11. The summed E-state index contributed by atoms with van der Waals surface area (Å²) in [5.74, 6) is 2.82. The van der Waals surface area contributed by atoms with Crippen LogP contribution in [0.2, 0.25) is 0 Å². The van der Waals surface area contributed by atoms with Gasteiger partial charge in [0.2, 0.25) is 0 Å². The number of fused-ring (bicyclic) bond motifs is 4. The number of ether oxygens (including phenoxy) is 1. The SMILES string of the molecule is CC[C@H]1C[C@@H]2C[C@H]3c4[nH]c5ccc(OC(=O)CCN(C)C)cc5c4CCN(C2)[C@@H]13. The number of H-pyrrole nitrogens is 1. The number of aromatic amines is 1. The molecule has 4 bridgehead atoms. The molecule has 0 spiro atoms. The maximum absolute atomic E-state index is 12.2. The van der Waals surface area contributed by atoms with Crippen LogP contribution in [0.1, 0.15) is 49.8 Å². The number of hydrogen-bond donors (Lipinski definition) is 1. The largest absolute Gasteiger partial charge is 0.426 e. The van der Waals surface area contributed by atoms with Gasteiger partial charge >= 0.3 is 5.97 Å². The summed E-state index contributed by atoms with van der Waals surface area (Å²) in [5, 5.41) is 1.25. The maximum Gasteiger partial charge on any atom is 0.312 e. The van der Waals surface area contributed by atoms with E-state index >= 15 is 0 Å². The van der Waals surface area contributed by atoms with Gasteiger partial charge in [-0.25, -0.2) is 0 Å². The standard InChI is InChI=1S/C24H33N3O2/c1-4-16-11-15-12-20-23-18(7-10-27(14-15)24(16)20)19-13-17(5-6-21(19)25-23)29-22(28)8-9-26(2)3/h5-6,13,15-16,20,24-25H,4,7-12,14H2,1-3H3/t15-,16+,20+,24+/m1/s1. The van der Waals surface area contributed by atoms with Crippen molar-refractivity contribution in [2.75, 3.05) is 33.7 Å². The average molecular weight is 396 g/mol. The van der Waals surface area contributed by atoms with Gasteiger partial charge in [-0.1, -0.05) is 13.3 Å². The molecule has 3 fully saturated rings. The Bertz CT molecular complexity index is 918. The molecule has 2 aromatic rings. The number of carbonyl (C=O) groups is 1. The molecule has 1 aromatic heterocycles. The first-order chi connectivity index (χ1) is 14.0. The second-order valence-electron chi connectivity index (χ2n) is 9.60. The van der Waals surface area contributed by atoms with Gasteiger partial charge in [0.05, 0.1) is 6.42 Å². The number of benzene rings is 1. The molecule has 6 rings (SSSR count). The molecular weight excluding hydrogens is 362 g/mol. The molecule has 156 valence electrons. The van der Waals surface area contributed by atoms with Gasteiger partial charge in [0.25, 0.3) is 0 Å². The van der Waals surface area contributed by atoms with Crippen LogP contribution in [0.25, 0.3) is 10.9 Å². The number of piperidine rings is 2. The molecule has 5 atom stereocenters. The van der Waals surface area contributed by atoms with Crippen molar-refractivity contribution < 1.29 is 9.53 Å². The monoisotopic (exact) mass is 395 g/mol. The Morgan fingerprint density at radius 1 is 1.31 bits per heavy atom. The molecular formula is C24H33N3O2. The Balaban J connectivity index is 1.45. The van der Waals surface area contributed by atoms with Crippen molar-refractivity contribution in [2.24, 2.45) is 11.8 Å². The highest BCUT2D eigenvalue weighted by atomic mass is 16.5. The lowest BCUT2D eigenvalue weighted by Gasteiger charge is -2.53. The summed E-state index contributed by atoms with van der Waals surface area (Å²) in [7, 11) is 3.94. The molecule has 1 N–H and O–H groups in total. The van der Waals surface area contributed by atoms with Crippen LogP contribution in [0.3, 0.4) is 0 Å². The number of carbonyl (C=O) groups excluding carboxylic acids is 1. The molecule has 1 aliphatic carbocycles. The first-order valence-electron chi connectivity index (χ1n) is 11.3. The van der Waals surface area contributed by atoms with E-state index in [1.165, 1.54) is 48.0 Å². The van der Waals surface area contributed by atoms with Crippen molar-refractivity contribution in [1.82, 2.24) is 14.8 Å². The van der Waals surface area contributed by atoms with E-state index < -0.39 is 0 Å². The molecule has 5 heteroatoms. The predicted molar refractivity (Wildman–Crippen MR) is 115 cm³/mol. The van der Waals surface area contributed by atoms with E-state index in [0.717, 1.165) is 24.8 Å². The van der Waals surface area contributed by atoms with Crippen molar-refractivity contribution in [3.8, 4) is 5.75 Å². The zero-order chi connectivity index (χ0) is 20.1. The number of nitrogens with one attached hydrogen (secondary N) is 1. The molecule has 5 nitrogen and oxygen atoms in total. The van der Waals surface area contributed by atoms with Crippen molar-refractivity contribution in [3.05, 3.63) is 29.5 Å². The average Bonchev–Trinajstić information content (AvgIpc) is 3.03. The number of aromatic nitrogens is 1. The number of esters is 1. The van der Waals surface area contributed by atoms with Gasteiger partial charge in [-0.05, 0) is 69.0 Å².